The lowest BCUT2D eigenvalue weighted by atomic mass is 10.1. The second-order valence-electron chi connectivity index (χ2n) is 6.45. The largest absolute Gasteiger partial charge is 0.339 e. The molecule has 1 saturated heterocycles. The highest BCUT2D eigenvalue weighted by atomic mass is 32.2. The summed E-state index contributed by atoms with van der Waals surface area (Å²) < 4.78 is 27.8. The Balaban J connectivity index is 1.80. The second kappa shape index (κ2) is 6.88. The molecule has 5 nitrogen and oxygen atoms in total. The molecule has 0 atom stereocenters. The molecule has 1 aliphatic rings. The zero-order valence-electron chi connectivity index (χ0n) is 14.5. The molecule has 132 valence electrons. The van der Waals surface area contributed by atoms with E-state index in [1.54, 1.807) is 23.1 Å². The molecular formula is C19H22N2O3S. The van der Waals surface area contributed by atoms with Gasteiger partial charge in [0, 0.05) is 18.7 Å². The topological polar surface area (TPSA) is 66.5 Å². The molecule has 1 heterocycles. The van der Waals surface area contributed by atoms with Crippen LogP contribution in [0.4, 0.5) is 5.69 Å². The average molecular weight is 358 g/mol. The molecule has 6 heteroatoms. The summed E-state index contributed by atoms with van der Waals surface area (Å²) in [4.78, 5) is 14.3. The highest BCUT2D eigenvalue weighted by Crippen LogP contribution is 2.22. The number of hydrogen-bond acceptors (Lipinski definition) is 3. The number of rotatable bonds is 4. The van der Waals surface area contributed by atoms with Gasteiger partial charge in [-0.1, -0.05) is 12.1 Å². The standard InChI is InChI=1S/C19H22N2O3S/c1-14-5-6-15(2)18(13-14)20-25(23,24)17-9-7-16(8-10-17)19(22)21-11-3-4-12-21/h5-10,13,20H,3-4,11-12H2,1-2H3. The Labute approximate surface area is 148 Å². The third-order valence-corrected chi connectivity index (χ3v) is 5.82. The number of likely N-dealkylation sites (tertiary alicyclic amines) is 1. The minimum absolute atomic E-state index is 0.0380. The molecule has 25 heavy (non-hydrogen) atoms. The average Bonchev–Trinajstić information content (AvgIpc) is 3.12. The molecule has 2 aromatic rings. The molecule has 0 radical (unpaired) electrons. The fourth-order valence-corrected chi connectivity index (χ4v) is 4.05. The Kier molecular flexibility index (Phi) is 4.81. The molecule has 1 fully saturated rings. The fourth-order valence-electron chi connectivity index (χ4n) is 2.93. The first-order valence-corrected chi connectivity index (χ1v) is 9.84. The van der Waals surface area contributed by atoms with Crippen molar-refractivity contribution in [3.8, 4) is 0 Å². The molecule has 0 aromatic heterocycles. The number of anilines is 1. The number of carbonyl (C=O) groups excluding carboxylic acids is 1. The van der Waals surface area contributed by atoms with E-state index >= 15 is 0 Å². The molecule has 1 amide bonds. The molecule has 0 bridgehead atoms. The number of nitrogens with one attached hydrogen (secondary N) is 1. The summed E-state index contributed by atoms with van der Waals surface area (Å²) in [5, 5.41) is 0. The van der Waals surface area contributed by atoms with Crippen LogP contribution in [0.1, 0.15) is 34.3 Å². The van der Waals surface area contributed by atoms with E-state index in [4.69, 9.17) is 0 Å². The first-order chi connectivity index (χ1) is 11.9. The number of sulfonamides is 1. The Morgan fingerprint density at radius 3 is 2.28 bits per heavy atom. The van der Waals surface area contributed by atoms with Crippen LogP contribution in [-0.4, -0.2) is 32.3 Å². The number of benzene rings is 2. The zero-order chi connectivity index (χ0) is 18.0. The van der Waals surface area contributed by atoms with Crippen LogP contribution in [0.2, 0.25) is 0 Å². The van der Waals surface area contributed by atoms with E-state index in [9.17, 15) is 13.2 Å². The lowest BCUT2D eigenvalue weighted by molar-refractivity contribution is 0.0792. The van der Waals surface area contributed by atoms with Gasteiger partial charge < -0.3 is 4.90 Å². The third-order valence-electron chi connectivity index (χ3n) is 4.44. The Bertz CT molecular complexity index is 883. The van der Waals surface area contributed by atoms with Crippen molar-refractivity contribution in [2.24, 2.45) is 0 Å². The van der Waals surface area contributed by atoms with Crippen molar-refractivity contribution in [1.82, 2.24) is 4.90 Å². The van der Waals surface area contributed by atoms with Gasteiger partial charge in [-0.3, -0.25) is 9.52 Å². The van der Waals surface area contributed by atoms with Crippen molar-refractivity contribution in [1.29, 1.82) is 0 Å². The van der Waals surface area contributed by atoms with Gasteiger partial charge in [0.15, 0.2) is 0 Å². The summed E-state index contributed by atoms with van der Waals surface area (Å²) in [6.45, 7) is 5.31. The monoisotopic (exact) mass is 358 g/mol. The summed E-state index contributed by atoms with van der Waals surface area (Å²) in [6, 6.07) is 11.7. The van der Waals surface area contributed by atoms with Crippen LogP contribution in [0.5, 0.6) is 0 Å². The first-order valence-electron chi connectivity index (χ1n) is 8.36. The molecule has 0 aliphatic carbocycles. The van der Waals surface area contributed by atoms with E-state index in [1.165, 1.54) is 12.1 Å². The maximum Gasteiger partial charge on any atom is 0.261 e. The van der Waals surface area contributed by atoms with Crippen LogP contribution in [0.3, 0.4) is 0 Å². The Morgan fingerprint density at radius 1 is 1.00 bits per heavy atom. The number of nitrogens with zero attached hydrogens (tertiary/aromatic N) is 1. The Hall–Kier alpha value is -2.34. The molecule has 0 spiro atoms. The maximum atomic E-state index is 12.6. The van der Waals surface area contributed by atoms with E-state index < -0.39 is 10.0 Å². The minimum atomic E-state index is -3.69. The van der Waals surface area contributed by atoms with Gasteiger partial charge in [-0.05, 0) is 68.1 Å². The molecule has 1 N–H and O–H groups in total. The highest BCUT2D eigenvalue weighted by molar-refractivity contribution is 7.92. The summed E-state index contributed by atoms with van der Waals surface area (Å²) >= 11 is 0. The summed E-state index contributed by atoms with van der Waals surface area (Å²) in [7, 11) is -3.69. The van der Waals surface area contributed by atoms with Gasteiger partial charge in [-0.15, -0.1) is 0 Å². The van der Waals surface area contributed by atoms with Gasteiger partial charge in [0.05, 0.1) is 10.6 Å². The third kappa shape index (κ3) is 3.85. The van der Waals surface area contributed by atoms with Crippen molar-refractivity contribution >= 4 is 21.6 Å². The summed E-state index contributed by atoms with van der Waals surface area (Å²) in [5.74, 6) is -0.0380. The van der Waals surface area contributed by atoms with Gasteiger partial charge in [0.2, 0.25) is 0 Å². The summed E-state index contributed by atoms with van der Waals surface area (Å²) in [5.41, 5.74) is 2.93. The van der Waals surface area contributed by atoms with Gasteiger partial charge >= 0.3 is 0 Å². The van der Waals surface area contributed by atoms with E-state index in [0.29, 0.717) is 11.3 Å². The maximum absolute atomic E-state index is 12.6. The van der Waals surface area contributed by atoms with Crippen molar-refractivity contribution in [2.45, 2.75) is 31.6 Å². The molecule has 0 saturated carbocycles. The quantitative estimate of drug-likeness (QED) is 0.911. The van der Waals surface area contributed by atoms with Gasteiger partial charge in [-0.2, -0.15) is 0 Å². The second-order valence-corrected chi connectivity index (χ2v) is 8.13. The van der Waals surface area contributed by atoms with Crippen LogP contribution in [-0.2, 0) is 10.0 Å². The number of amides is 1. The van der Waals surface area contributed by atoms with Crippen LogP contribution in [0, 0.1) is 13.8 Å². The van der Waals surface area contributed by atoms with Crippen LogP contribution >= 0.6 is 0 Å². The van der Waals surface area contributed by atoms with Crippen molar-refractivity contribution in [3.05, 3.63) is 59.2 Å². The van der Waals surface area contributed by atoms with Gasteiger partial charge in [0.25, 0.3) is 15.9 Å². The van der Waals surface area contributed by atoms with Crippen LogP contribution < -0.4 is 4.72 Å². The van der Waals surface area contributed by atoms with E-state index in [2.05, 4.69) is 4.72 Å². The molecule has 1 aliphatic heterocycles. The lowest BCUT2D eigenvalue weighted by Crippen LogP contribution is -2.27. The summed E-state index contributed by atoms with van der Waals surface area (Å²) in [6.07, 6.45) is 2.05. The fraction of sp³-hybridized carbons (Fsp3) is 0.316. The number of hydrogen-bond donors (Lipinski definition) is 1. The molecule has 2 aromatic carbocycles. The molecular weight excluding hydrogens is 336 g/mol. The van der Waals surface area contributed by atoms with Crippen LogP contribution in [0.15, 0.2) is 47.4 Å². The highest BCUT2D eigenvalue weighted by Gasteiger charge is 2.21. The van der Waals surface area contributed by atoms with Gasteiger partial charge in [-0.25, -0.2) is 8.42 Å². The van der Waals surface area contributed by atoms with E-state index in [-0.39, 0.29) is 10.8 Å². The van der Waals surface area contributed by atoms with E-state index in [0.717, 1.165) is 37.1 Å². The van der Waals surface area contributed by atoms with Crippen molar-refractivity contribution < 1.29 is 13.2 Å². The Morgan fingerprint density at radius 2 is 1.64 bits per heavy atom. The predicted molar refractivity (Wildman–Crippen MR) is 98.3 cm³/mol. The normalized spacial score (nSPS) is 14.6. The zero-order valence-corrected chi connectivity index (χ0v) is 15.3. The number of carbonyl (C=O) groups is 1. The van der Waals surface area contributed by atoms with Gasteiger partial charge in [0.1, 0.15) is 0 Å². The van der Waals surface area contributed by atoms with Crippen molar-refractivity contribution in [3.63, 3.8) is 0 Å². The predicted octanol–water partition coefficient (Wildman–Crippen LogP) is 3.34. The SMILES string of the molecule is Cc1ccc(C)c(NS(=O)(=O)c2ccc(C(=O)N3CCCC3)cc2)c1. The minimum Gasteiger partial charge on any atom is -0.339 e. The smallest absolute Gasteiger partial charge is 0.261 e. The molecule has 3 rings (SSSR count). The lowest BCUT2D eigenvalue weighted by Gasteiger charge is -2.15. The first kappa shape index (κ1) is 17.5. The molecule has 0 unspecified atom stereocenters. The number of aryl methyl sites for hydroxylation is 2. The van der Waals surface area contributed by atoms with Crippen molar-refractivity contribution in [2.75, 3.05) is 17.8 Å². The van der Waals surface area contributed by atoms with E-state index in [1.807, 2.05) is 26.0 Å². The van der Waals surface area contributed by atoms with Crippen LogP contribution in [0.25, 0.3) is 0 Å².